The lowest BCUT2D eigenvalue weighted by molar-refractivity contribution is -0.120. The minimum absolute atomic E-state index is 0.140. The molecule has 0 spiro atoms. The fourth-order valence-corrected chi connectivity index (χ4v) is 4.41. The monoisotopic (exact) mass is 478 g/mol. The van der Waals surface area contributed by atoms with Crippen molar-refractivity contribution in [2.24, 2.45) is 5.92 Å². The van der Waals surface area contributed by atoms with Gasteiger partial charge >= 0.3 is 0 Å². The number of benzene rings is 1. The number of halogens is 3. The van der Waals surface area contributed by atoms with Gasteiger partial charge in [-0.1, -0.05) is 29.4 Å². The Kier molecular flexibility index (Phi) is 6.67. The molecule has 1 fully saturated rings. The molecule has 32 heavy (non-hydrogen) atoms. The van der Waals surface area contributed by atoms with Gasteiger partial charge in [-0.25, -0.2) is 0 Å². The molecule has 2 aromatic heterocycles. The van der Waals surface area contributed by atoms with Crippen LogP contribution in [0.1, 0.15) is 18.5 Å². The van der Waals surface area contributed by atoms with E-state index in [0.717, 1.165) is 0 Å². The Balaban J connectivity index is 1.42. The van der Waals surface area contributed by atoms with Gasteiger partial charge in [0.2, 0.25) is 17.5 Å². The van der Waals surface area contributed by atoms with E-state index in [1.165, 1.54) is 12.3 Å². The van der Waals surface area contributed by atoms with Crippen molar-refractivity contribution in [3.8, 4) is 17.7 Å². The third kappa shape index (κ3) is 4.74. The SMILES string of the molecule is N#Cc1nc(-c2ccco2)oc1N1CCC(C(=O)Nc2cccc(Cl)c2SC(F)F)CC1. The van der Waals surface area contributed by atoms with Crippen molar-refractivity contribution < 1.29 is 22.4 Å². The van der Waals surface area contributed by atoms with E-state index in [1.54, 1.807) is 24.3 Å². The van der Waals surface area contributed by atoms with Crippen LogP contribution in [0.2, 0.25) is 5.02 Å². The van der Waals surface area contributed by atoms with Crippen LogP contribution in [0.15, 0.2) is 50.3 Å². The number of hydrogen-bond donors (Lipinski definition) is 1. The first kappa shape index (κ1) is 22.2. The molecule has 7 nitrogen and oxygen atoms in total. The number of carbonyl (C=O) groups excluding carboxylic acids is 1. The van der Waals surface area contributed by atoms with Crippen LogP contribution in [0.3, 0.4) is 0 Å². The number of carbonyl (C=O) groups is 1. The molecule has 166 valence electrons. The summed E-state index contributed by atoms with van der Waals surface area (Å²) in [6, 6.07) is 10.1. The molecular formula is C21H17ClF2N4O3S. The van der Waals surface area contributed by atoms with Crippen molar-refractivity contribution in [3.05, 3.63) is 47.3 Å². The second-order valence-electron chi connectivity index (χ2n) is 7.01. The maximum atomic E-state index is 12.9. The number of rotatable bonds is 6. The van der Waals surface area contributed by atoms with Gasteiger partial charge in [0.05, 0.1) is 21.9 Å². The minimum atomic E-state index is -2.66. The molecule has 0 aliphatic carbocycles. The topological polar surface area (TPSA) is 95.3 Å². The lowest BCUT2D eigenvalue weighted by atomic mass is 9.96. The molecule has 3 aromatic rings. The summed E-state index contributed by atoms with van der Waals surface area (Å²) in [7, 11) is 0. The Morgan fingerprint density at radius 3 is 2.75 bits per heavy atom. The summed E-state index contributed by atoms with van der Waals surface area (Å²) < 4.78 is 36.8. The molecule has 0 radical (unpaired) electrons. The largest absolute Gasteiger partial charge is 0.459 e. The van der Waals surface area contributed by atoms with E-state index in [4.69, 9.17) is 20.4 Å². The zero-order valence-corrected chi connectivity index (χ0v) is 18.1. The van der Waals surface area contributed by atoms with Crippen molar-refractivity contribution >= 4 is 40.8 Å². The first-order chi connectivity index (χ1) is 15.5. The van der Waals surface area contributed by atoms with E-state index < -0.39 is 5.76 Å². The molecule has 0 saturated carbocycles. The molecule has 3 heterocycles. The molecule has 4 rings (SSSR count). The fraction of sp³-hybridized carbons (Fsp3) is 0.286. The number of aromatic nitrogens is 1. The highest BCUT2D eigenvalue weighted by Crippen LogP contribution is 2.38. The molecular weight excluding hydrogens is 462 g/mol. The van der Waals surface area contributed by atoms with Crippen molar-refractivity contribution in [1.82, 2.24) is 4.98 Å². The van der Waals surface area contributed by atoms with Gasteiger partial charge in [-0.2, -0.15) is 19.0 Å². The minimum Gasteiger partial charge on any atom is -0.459 e. The first-order valence-corrected chi connectivity index (χ1v) is 11.0. The van der Waals surface area contributed by atoms with Crippen LogP contribution >= 0.6 is 23.4 Å². The Morgan fingerprint density at radius 1 is 1.31 bits per heavy atom. The van der Waals surface area contributed by atoms with Crippen LogP contribution in [0.4, 0.5) is 20.4 Å². The van der Waals surface area contributed by atoms with E-state index in [2.05, 4.69) is 10.3 Å². The molecule has 1 N–H and O–H groups in total. The van der Waals surface area contributed by atoms with Gasteiger partial charge in [0.25, 0.3) is 11.6 Å². The van der Waals surface area contributed by atoms with Crippen LogP contribution in [0.5, 0.6) is 0 Å². The molecule has 1 aliphatic rings. The Morgan fingerprint density at radius 2 is 2.09 bits per heavy atom. The molecule has 1 amide bonds. The predicted octanol–water partition coefficient (Wildman–Crippen LogP) is 5.63. The second kappa shape index (κ2) is 9.63. The molecule has 0 bridgehead atoms. The number of alkyl halides is 2. The summed E-state index contributed by atoms with van der Waals surface area (Å²) >= 11 is 6.33. The summed E-state index contributed by atoms with van der Waals surface area (Å²) in [6.07, 6.45) is 2.47. The Hall–Kier alpha value is -3.03. The van der Waals surface area contributed by atoms with Crippen LogP contribution in [0, 0.1) is 17.2 Å². The Bertz CT molecular complexity index is 1140. The molecule has 1 aromatic carbocycles. The number of anilines is 2. The lowest BCUT2D eigenvalue weighted by Gasteiger charge is -2.31. The third-order valence-electron chi connectivity index (χ3n) is 5.03. The highest BCUT2D eigenvalue weighted by atomic mass is 35.5. The molecule has 0 unspecified atom stereocenters. The zero-order valence-electron chi connectivity index (χ0n) is 16.6. The van der Waals surface area contributed by atoms with Crippen molar-refractivity contribution in [1.29, 1.82) is 5.26 Å². The van der Waals surface area contributed by atoms with Crippen LogP contribution in [-0.2, 0) is 4.79 Å². The van der Waals surface area contributed by atoms with Crippen LogP contribution in [0.25, 0.3) is 11.7 Å². The van der Waals surface area contributed by atoms with Gasteiger partial charge < -0.3 is 19.1 Å². The van der Waals surface area contributed by atoms with Crippen molar-refractivity contribution in [2.75, 3.05) is 23.3 Å². The molecule has 11 heteroatoms. The Labute approximate surface area is 191 Å². The number of thioether (sulfide) groups is 1. The second-order valence-corrected chi connectivity index (χ2v) is 8.41. The van der Waals surface area contributed by atoms with Crippen molar-refractivity contribution in [3.63, 3.8) is 0 Å². The number of oxazole rings is 1. The maximum Gasteiger partial charge on any atom is 0.289 e. The van der Waals surface area contributed by atoms with Crippen molar-refractivity contribution in [2.45, 2.75) is 23.5 Å². The van der Waals surface area contributed by atoms with E-state index in [0.29, 0.717) is 49.3 Å². The third-order valence-corrected chi connectivity index (χ3v) is 6.31. The number of hydrogen-bond acceptors (Lipinski definition) is 7. The quantitative estimate of drug-likeness (QED) is 0.459. The normalized spacial score (nSPS) is 14.5. The summed E-state index contributed by atoms with van der Waals surface area (Å²) in [5.74, 6) is -2.28. The van der Waals surface area contributed by atoms with Crippen LogP contribution in [-0.4, -0.2) is 29.7 Å². The lowest BCUT2D eigenvalue weighted by Crippen LogP contribution is -2.38. The summed E-state index contributed by atoms with van der Waals surface area (Å²) in [5.41, 5.74) is 0.409. The van der Waals surface area contributed by atoms with Gasteiger partial charge in [0.1, 0.15) is 6.07 Å². The van der Waals surface area contributed by atoms with E-state index in [-0.39, 0.29) is 39.0 Å². The number of piperidine rings is 1. The van der Waals surface area contributed by atoms with E-state index in [9.17, 15) is 18.8 Å². The molecule has 0 atom stereocenters. The molecule has 1 aliphatic heterocycles. The number of nitriles is 1. The number of nitrogens with one attached hydrogen (secondary N) is 1. The number of nitrogens with zero attached hydrogens (tertiary/aromatic N) is 3. The summed E-state index contributed by atoms with van der Waals surface area (Å²) in [6.45, 7) is 0.932. The number of amides is 1. The summed E-state index contributed by atoms with van der Waals surface area (Å²) in [5, 5.41) is 12.3. The zero-order chi connectivity index (χ0) is 22.7. The molecule has 1 saturated heterocycles. The van der Waals surface area contributed by atoms with Gasteiger partial charge in [-0.15, -0.1) is 0 Å². The summed E-state index contributed by atoms with van der Waals surface area (Å²) in [4.78, 5) is 19.0. The average Bonchev–Trinajstić information content (AvgIpc) is 3.45. The van der Waals surface area contributed by atoms with Gasteiger partial charge in [-0.05, 0) is 37.1 Å². The highest BCUT2D eigenvalue weighted by Gasteiger charge is 2.30. The fourth-order valence-electron chi connectivity index (χ4n) is 3.50. The van der Waals surface area contributed by atoms with Crippen LogP contribution < -0.4 is 10.2 Å². The maximum absolute atomic E-state index is 12.9. The first-order valence-electron chi connectivity index (χ1n) is 9.70. The van der Waals surface area contributed by atoms with E-state index >= 15 is 0 Å². The average molecular weight is 479 g/mol. The highest BCUT2D eigenvalue weighted by molar-refractivity contribution is 7.99. The number of furan rings is 1. The smallest absolute Gasteiger partial charge is 0.289 e. The predicted molar refractivity (Wildman–Crippen MR) is 116 cm³/mol. The van der Waals surface area contributed by atoms with E-state index in [1.807, 2.05) is 11.0 Å². The standard InChI is InChI=1S/C21H17ClF2N4O3S/c22-13-3-1-4-14(17(13)32-21(23)24)26-18(29)12-6-8-28(9-7-12)20-15(11-25)27-19(31-20)16-5-2-10-30-16/h1-5,10,12,21H,6-9H2,(H,26,29). The van der Waals surface area contributed by atoms with Gasteiger partial charge in [-0.3, -0.25) is 4.79 Å². The van der Waals surface area contributed by atoms with Gasteiger partial charge in [0.15, 0.2) is 5.76 Å². The van der Waals surface area contributed by atoms with Gasteiger partial charge in [0, 0.05) is 19.0 Å².